The quantitative estimate of drug-likeness (QED) is 0.166. The molecule has 2 fully saturated rings. The molecule has 2 aromatic heterocycles. The van der Waals surface area contributed by atoms with Crippen LogP contribution in [0.2, 0.25) is 0 Å². The van der Waals surface area contributed by atoms with E-state index in [4.69, 9.17) is 9.84 Å². The molecule has 0 bridgehead atoms. The molecule has 3 heterocycles. The number of hydrogen-bond acceptors (Lipinski definition) is 7. The second-order valence-corrected chi connectivity index (χ2v) is 12.5. The van der Waals surface area contributed by atoms with E-state index in [2.05, 4.69) is 38.2 Å². The molecule has 0 spiro atoms. The van der Waals surface area contributed by atoms with E-state index in [1.807, 2.05) is 32.0 Å². The van der Waals surface area contributed by atoms with Crippen molar-refractivity contribution in [3.05, 3.63) is 72.3 Å². The van der Waals surface area contributed by atoms with Crippen LogP contribution in [-0.4, -0.2) is 71.6 Å². The summed E-state index contributed by atoms with van der Waals surface area (Å²) in [6.45, 7) is 4.86. The summed E-state index contributed by atoms with van der Waals surface area (Å²) in [5, 5.41) is 18.8. The van der Waals surface area contributed by atoms with E-state index < -0.39 is 11.4 Å². The standard InChI is InChI=1S/C32H31AsFN7O2/c1-32(2,38-21-10-11-21)16-20(17-35)31(42)40-14-6-7-22(40)18-41-30-27(29(33)36-19-37-30)28(39-41)25-13-12-24(15-26(25)34)43-23-8-4-3-5-9-23/h3-5,8-9,12-13,15-16,19,21-22,38H,6-7,10-11,14,18H2,1-2H3/t22-/m0/s1. The summed E-state index contributed by atoms with van der Waals surface area (Å²) in [6, 6.07) is 16.3. The number of carbonyl (C=O) groups is 1. The number of nitrogens with zero attached hydrogens (tertiary/aromatic N) is 6. The molecule has 2 aromatic carbocycles. The van der Waals surface area contributed by atoms with Gasteiger partial charge in [0.2, 0.25) is 0 Å². The third-order valence-corrected chi connectivity index (χ3v) is 8.43. The van der Waals surface area contributed by atoms with Gasteiger partial charge in [0.25, 0.3) is 0 Å². The smallest absolute Gasteiger partial charge is 0.0363 e. The van der Waals surface area contributed by atoms with Gasteiger partial charge in [-0.05, 0) is 12.8 Å². The van der Waals surface area contributed by atoms with E-state index >= 15 is 4.39 Å². The first kappa shape index (κ1) is 29.0. The van der Waals surface area contributed by atoms with Crippen LogP contribution in [0, 0.1) is 17.1 Å². The Bertz CT molecular complexity index is 1740. The van der Waals surface area contributed by atoms with Gasteiger partial charge < -0.3 is 0 Å². The molecular formula is C32H31AsFN7O2. The monoisotopic (exact) mass is 639 g/mol. The minimum Gasteiger partial charge on any atom is -0.0363 e. The van der Waals surface area contributed by atoms with E-state index in [9.17, 15) is 10.1 Å². The van der Waals surface area contributed by atoms with E-state index in [-0.39, 0.29) is 17.5 Å². The van der Waals surface area contributed by atoms with Gasteiger partial charge in [-0.2, -0.15) is 0 Å². The topological polar surface area (TPSA) is 109 Å². The number of rotatable bonds is 9. The molecule has 2 radical (unpaired) electrons. The van der Waals surface area contributed by atoms with Crippen LogP contribution >= 0.6 is 0 Å². The predicted octanol–water partition coefficient (Wildman–Crippen LogP) is 4.19. The van der Waals surface area contributed by atoms with Gasteiger partial charge in [-0.3, -0.25) is 0 Å². The summed E-state index contributed by atoms with van der Waals surface area (Å²) >= 11 is 2.40. The predicted molar refractivity (Wildman–Crippen MR) is 161 cm³/mol. The Balaban J connectivity index is 1.28. The van der Waals surface area contributed by atoms with Gasteiger partial charge in [-0.1, -0.05) is 0 Å². The van der Waals surface area contributed by atoms with Gasteiger partial charge in [-0.25, -0.2) is 0 Å². The molecule has 43 heavy (non-hydrogen) atoms. The molecule has 1 aliphatic heterocycles. The number of halogens is 1. The maximum atomic E-state index is 15.6. The minimum atomic E-state index is -0.486. The molecule has 218 valence electrons. The zero-order chi connectivity index (χ0) is 30.1. The summed E-state index contributed by atoms with van der Waals surface area (Å²) in [7, 11) is 0. The number of nitriles is 1. The fraction of sp³-hybridized carbons (Fsp3) is 0.344. The summed E-state index contributed by atoms with van der Waals surface area (Å²) in [4.78, 5) is 24.2. The van der Waals surface area contributed by atoms with Gasteiger partial charge in [0.05, 0.1) is 0 Å². The summed E-state index contributed by atoms with van der Waals surface area (Å²) in [5.74, 6) is 0.213. The maximum absolute atomic E-state index is 15.6. The van der Waals surface area contributed by atoms with E-state index in [1.54, 1.807) is 39.9 Å². The molecule has 1 atom stereocenters. The van der Waals surface area contributed by atoms with Crippen molar-refractivity contribution in [3.8, 4) is 28.8 Å². The average molecular weight is 640 g/mol. The molecule has 1 N–H and O–H groups in total. The molecule has 11 heteroatoms. The molecule has 0 unspecified atom stereocenters. The van der Waals surface area contributed by atoms with Crippen LogP contribution in [0.3, 0.4) is 0 Å². The van der Waals surface area contributed by atoms with Gasteiger partial charge in [0.1, 0.15) is 0 Å². The molecule has 1 saturated heterocycles. The summed E-state index contributed by atoms with van der Waals surface area (Å²) < 4.78 is 23.7. The van der Waals surface area contributed by atoms with Crippen LogP contribution in [0.4, 0.5) is 4.39 Å². The Morgan fingerprint density at radius 3 is 2.70 bits per heavy atom. The van der Waals surface area contributed by atoms with E-state index in [1.165, 1.54) is 12.4 Å². The van der Waals surface area contributed by atoms with Crippen molar-refractivity contribution in [2.45, 2.75) is 63.7 Å². The van der Waals surface area contributed by atoms with Crippen LogP contribution in [-0.2, 0) is 11.3 Å². The summed E-state index contributed by atoms with van der Waals surface area (Å²) in [5.41, 5.74) is 0.922. The Morgan fingerprint density at radius 2 is 1.98 bits per heavy atom. The minimum absolute atomic E-state index is 0.131. The Morgan fingerprint density at radius 1 is 1.19 bits per heavy atom. The molecule has 6 rings (SSSR count). The van der Waals surface area contributed by atoms with E-state index in [0.29, 0.717) is 57.4 Å². The van der Waals surface area contributed by atoms with Crippen LogP contribution in [0.5, 0.6) is 11.5 Å². The van der Waals surface area contributed by atoms with Crippen molar-refractivity contribution in [2.75, 3.05) is 6.54 Å². The van der Waals surface area contributed by atoms with Crippen LogP contribution in [0.15, 0.2) is 66.5 Å². The zero-order valence-electron chi connectivity index (χ0n) is 24.0. The summed E-state index contributed by atoms with van der Waals surface area (Å²) in [6.07, 6.45) is 6.98. The third-order valence-electron chi connectivity index (χ3n) is 7.72. The number of carbonyl (C=O) groups excluding carboxylic acids is 1. The number of fused-ring (bicyclic) bond motifs is 1. The van der Waals surface area contributed by atoms with Crippen molar-refractivity contribution in [1.82, 2.24) is 30.0 Å². The van der Waals surface area contributed by atoms with Crippen LogP contribution < -0.4 is 14.5 Å². The fourth-order valence-corrected chi connectivity index (χ4v) is 6.17. The van der Waals surface area contributed by atoms with Crippen molar-refractivity contribution >= 4 is 38.3 Å². The number of likely N-dealkylation sites (tertiary alicyclic amines) is 1. The normalized spacial score (nSPS) is 17.3. The zero-order valence-corrected chi connectivity index (χ0v) is 25.9. The average Bonchev–Trinajstić information content (AvgIpc) is 3.52. The van der Waals surface area contributed by atoms with Gasteiger partial charge in [-0.15, -0.1) is 0 Å². The van der Waals surface area contributed by atoms with Crippen molar-refractivity contribution in [1.29, 1.82) is 5.26 Å². The number of benzene rings is 2. The first-order chi connectivity index (χ1) is 20.7. The fourth-order valence-electron chi connectivity index (χ4n) is 5.63. The first-order valence-corrected chi connectivity index (χ1v) is 15.3. The van der Waals surface area contributed by atoms with Crippen LogP contribution in [0.1, 0.15) is 39.5 Å². The number of aromatic nitrogens is 4. The van der Waals surface area contributed by atoms with Gasteiger partial charge in [0, 0.05) is 6.04 Å². The second kappa shape index (κ2) is 11.9. The number of ether oxygens (including phenoxy) is 1. The van der Waals surface area contributed by atoms with Crippen molar-refractivity contribution in [2.24, 2.45) is 0 Å². The number of hydrogen-bond donors (Lipinski definition) is 1. The molecule has 1 amide bonds. The number of nitrogens with one attached hydrogen (secondary N) is 1. The number of para-hydroxylation sites is 1. The van der Waals surface area contributed by atoms with Crippen molar-refractivity contribution < 1.29 is 13.9 Å². The molecule has 2 aliphatic rings. The van der Waals surface area contributed by atoms with E-state index in [0.717, 1.165) is 25.7 Å². The third kappa shape index (κ3) is 6.34. The Labute approximate surface area is 258 Å². The molecule has 9 nitrogen and oxygen atoms in total. The Hall–Kier alpha value is -4.06. The van der Waals surface area contributed by atoms with Crippen molar-refractivity contribution in [3.63, 3.8) is 0 Å². The molecule has 4 aromatic rings. The van der Waals surface area contributed by atoms with Gasteiger partial charge in [0.15, 0.2) is 0 Å². The second-order valence-electron chi connectivity index (χ2n) is 11.6. The van der Waals surface area contributed by atoms with Crippen LogP contribution in [0.25, 0.3) is 22.3 Å². The Kier molecular flexibility index (Phi) is 8.04. The number of amides is 1. The molecular weight excluding hydrogens is 608 g/mol. The first-order valence-electron chi connectivity index (χ1n) is 14.4. The van der Waals surface area contributed by atoms with Gasteiger partial charge >= 0.3 is 240 Å². The molecule has 1 aliphatic carbocycles. The SMILES string of the molecule is CC(C)(C=C(C#N)C(=O)N1CCC[C@H]1Cn1nc(-c2ccc(Oc3ccccc3)cc2F)c2c([As])ncnc21)NC1CC1. The molecule has 1 saturated carbocycles.